The Kier molecular flexibility index (Phi) is 6.97. The summed E-state index contributed by atoms with van der Waals surface area (Å²) in [7, 11) is 7.60. The number of hydrogen-bond acceptors (Lipinski definition) is 7. The molecule has 38 heavy (non-hydrogen) atoms. The molecule has 1 saturated heterocycles. The van der Waals surface area contributed by atoms with Crippen molar-refractivity contribution in [3.63, 3.8) is 0 Å². The van der Waals surface area contributed by atoms with E-state index in [1.165, 1.54) is 6.20 Å². The maximum atomic E-state index is 12.9. The number of likely N-dealkylation sites (N-methyl/N-ethyl adjacent to an activating group) is 1. The van der Waals surface area contributed by atoms with Gasteiger partial charge >= 0.3 is 0 Å². The highest BCUT2D eigenvalue weighted by atomic mass is 16.5. The molecule has 3 heterocycles. The number of aryl methyl sites for hydroxylation is 1. The smallest absolute Gasteiger partial charge is 0.269 e. The van der Waals surface area contributed by atoms with E-state index < -0.39 is 0 Å². The first-order chi connectivity index (χ1) is 18.3. The summed E-state index contributed by atoms with van der Waals surface area (Å²) < 4.78 is 7.92. The first-order valence-corrected chi connectivity index (χ1v) is 12.5. The number of likely N-dealkylation sites (tertiary alicyclic amines) is 1. The van der Waals surface area contributed by atoms with Crippen molar-refractivity contribution in [2.24, 2.45) is 7.05 Å². The molecule has 5 rings (SSSR count). The second-order valence-electron chi connectivity index (χ2n) is 9.56. The molecule has 2 N–H and O–H groups in total. The SMILES string of the molecule is CNC(=O)c1cc(Oc2ccc3c(c2)nc(Nc2ccc(C(=O)N4CCC(N(C)C)C4)cc2)n3C)ccn1. The molecule has 0 radical (unpaired) electrons. The summed E-state index contributed by atoms with van der Waals surface area (Å²) in [5.41, 5.74) is 3.47. The highest BCUT2D eigenvalue weighted by molar-refractivity contribution is 5.95. The third-order valence-corrected chi connectivity index (χ3v) is 6.85. The predicted molar refractivity (Wildman–Crippen MR) is 146 cm³/mol. The number of nitrogens with zero attached hydrogens (tertiary/aromatic N) is 5. The number of ether oxygens (including phenoxy) is 1. The maximum Gasteiger partial charge on any atom is 0.269 e. The molecule has 2 aromatic heterocycles. The lowest BCUT2D eigenvalue weighted by atomic mass is 10.2. The number of aromatic nitrogens is 3. The average molecular weight is 514 g/mol. The summed E-state index contributed by atoms with van der Waals surface area (Å²) in [6.45, 7) is 1.54. The quantitative estimate of drug-likeness (QED) is 0.389. The fourth-order valence-corrected chi connectivity index (χ4v) is 4.57. The Bertz CT molecular complexity index is 1480. The Hall–Kier alpha value is -4.44. The summed E-state index contributed by atoms with van der Waals surface area (Å²) in [5, 5.41) is 5.90. The van der Waals surface area contributed by atoms with Crippen LogP contribution in [-0.2, 0) is 7.05 Å². The molecule has 1 aliphatic rings. The van der Waals surface area contributed by atoms with E-state index in [-0.39, 0.29) is 17.5 Å². The second-order valence-corrected chi connectivity index (χ2v) is 9.56. The van der Waals surface area contributed by atoms with Gasteiger partial charge in [0.25, 0.3) is 11.8 Å². The molecule has 196 valence electrons. The monoisotopic (exact) mass is 513 g/mol. The van der Waals surface area contributed by atoms with Crippen molar-refractivity contribution in [2.45, 2.75) is 12.5 Å². The van der Waals surface area contributed by atoms with Crippen molar-refractivity contribution < 1.29 is 14.3 Å². The number of fused-ring (bicyclic) bond motifs is 1. The lowest BCUT2D eigenvalue weighted by molar-refractivity contribution is 0.0783. The van der Waals surface area contributed by atoms with Gasteiger partial charge in [0.1, 0.15) is 17.2 Å². The van der Waals surface area contributed by atoms with Crippen LogP contribution in [0.3, 0.4) is 0 Å². The van der Waals surface area contributed by atoms with Gasteiger partial charge in [-0.05, 0) is 63.0 Å². The van der Waals surface area contributed by atoms with Gasteiger partial charge in [0.15, 0.2) is 0 Å². The van der Waals surface area contributed by atoms with E-state index in [0.29, 0.717) is 29.1 Å². The summed E-state index contributed by atoms with van der Waals surface area (Å²) in [6.07, 6.45) is 2.53. The first kappa shape index (κ1) is 25.2. The number of hydrogen-bond donors (Lipinski definition) is 2. The lowest BCUT2D eigenvalue weighted by Crippen LogP contribution is -2.34. The Balaban J connectivity index is 1.28. The zero-order valence-electron chi connectivity index (χ0n) is 21.9. The molecule has 0 aliphatic carbocycles. The number of rotatable bonds is 7. The molecule has 10 nitrogen and oxygen atoms in total. The van der Waals surface area contributed by atoms with Crippen molar-refractivity contribution in [1.82, 2.24) is 29.7 Å². The number of carbonyl (C=O) groups is 2. The van der Waals surface area contributed by atoms with E-state index in [0.717, 1.165) is 36.2 Å². The van der Waals surface area contributed by atoms with E-state index in [1.807, 2.05) is 59.0 Å². The largest absolute Gasteiger partial charge is 0.457 e. The van der Waals surface area contributed by atoms with E-state index >= 15 is 0 Å². The van der Waals surface area contributed by atoms with Crippen LogP contribution in [0.25, 0.3) is 11.0 Å². The van der Waals surface area contributed by atoms with E-state index in [9.17, 15) is 9.59 Å². The van der Waals surface area contributed by atoms with Crippen LogP contribution in [0.4, 0.5) is 11.6 Å². The average Bonchev–Trinajstić information content (AvgIpc) is 3.54. The van der Waals surface area contributed by atoms with Crippen LogP contribution in [0.2, 0.25) is 0 Å². The minimum absolute atomic E-state index is 0.0628. The number of imidazole rings is 1. The van der Waals surface area contributed by atoms with Crippen molar-refractivity contribution >= 4 is 34.5 Å². The zero-order valence-corrected chi connectivity index (χ0v) is 21.9. The van der Waals surface area contributed by atoms with E-state index in [2.05, 4.69) is 34.6 Å². The fourth-order valence-electron chi connectivity index (χ4n) is 4.57. The van der Waals surface area contributed by atoms with Gasteiger partial charge in [0.05, 0.1) is 11.0 Å². The van der Waals surface area contributed by atoms with Gasteiger partial charge in [-0.15, -0.1) is 0 Å². The normalized spacial score (nSPS) is 15.2. The predicted octanol–water partition coefficient (Wildman–Crippen LogP) is 3.64. The molecule has 1 unspecified atom stereocenters. The Morgan fingerprint density at radius 1 is 1.05 bits per heavy atom. The summed E-state index contributed by atoms with van der Waals surface area (Å²) >= 11 is 0. The molecule has 4 aromatic rings. The summed E-state index contributed by atoms with van der Waals surface area (Å²) in [4.78, 5) is 37.7. The van der Waals surface area contributed by atoms with Gasteiger partial charge in [-0.1, -0.05) is 0 Å². The van der Waals surface area contributed by atoms with Crippen molar-refractivity contribution in [3.8, 4) is 11.5 Å². The van der Waals surface area contributed by atoms with Gasteiger partial charge in [0.2, 0.25) is 5.95 Å². The molecule has 0 bridgehead atoms. The molecule has 2 aromatic carbocycles. The van der Waals surface area contributed by atoms with E-state index in [1.54, 1.807) is 19.2 Å². The van der Waals surface area contributed by atoms with Crippen LogP contribution in [0.5, 0.6) is 11.5 Å². The first-order valence-electron chi connectivity index (χ1n) is 12.5. The molecule has 0 saturated carbocycles. The van der Waals surface area contributed by atoms with Crippen LogP contribution >= 0.6 is 0 Å². The number of benzene rings is 2. The van der Waals surface area contributed by atoms with Gasteiger partial charge in [-0.25, -0.2) is 4.98 Å². The molecule has 1 aliphatic heterocycles. The molecule has 10 heteroatoms. The van der Waals surface area contributed by atoms with Crippen LogP contribution in [-0.4, -0.2) is 76.4 Å². The minimum Gasteiger partial charge on any atom is -0.457 e. The van der Waals surface area contributed by atoms with Crippen molar-refractivity contribution in [3.05, 3.63) is 72.1 Å². The van der Waals surface area contributed by atoms with Crippen LogP contribution in [0.1, 0.15) is 27.3 Å². The third kappa shape index (κ3) is 5.16. The minimum atomic E-state index is -0.280. The van der Waals surface area contributed by atoms with Gasteiger partial charge in [0, 0.05) is 62.8 Å². The molecule has 1 atom stereocenters. The Labute approximate surface area is 221 Å². The van der Waals surface area contributed by atoms with Crippen molar-refractivity contribution in [2.75, 3.05) is 39.5 Å². The Morgan fingerprint density at radius 3 is 2.53 bits per heavy atom. The fraction of sp³-hybridized carbons (Fsp3) is 0.286. The molecular formula is C28H31N7O3. The molecule has 1 fully saturated rings. The van der Waals surface area contributed by atoms with E-state index in [4.69, 9.17) is 9.72 Å². The topological polar surface area (TPSA) is 105 Å². The van der Waals surface area contributed by atoms with Gasteiger partial charge in [-0.3, -0.25) is 14.6 Å². The number of amides is 2. The number of nitrogens with one attached hydrogen (secondary N) is 2. The maximum absolute atomic E-state index is 12.9. The van der Waals surface area contributed by atoms with Crippen molar-refractivity contribution in [1.29, 1.82) is 0 Å². The standard InChI is InChI=1S/C28H31N7O3/c1-29-26(36)24-16-22(11-13-30-24)38-21-9-10-25-23(15-21)32-28(34(25)4)31-19-7-5-18(6-8-19)27(37)35-14-12-20(17-35)33(2)3/h5-11,13,15-16,20H,12,14,17H2,1-4H3,(H,29,36)(H,31,32). The summed E-state index contributed by atoms with van der Waals surface area (Å²) in [5.74, 6) is 1.55. The summed E-state index contributed by atoms with van der Waals surface area (Å²) in [6, 6.07) is 16.8. The van der Waals surface area contributed by atoms with Gasteiger partial charge in [-0.2, -0.15) is 0 Å². The second kappa shape index (κ2) is 10.5. The van der Waals surface area contributed by atoms with Crippen LogP contribution in [0.15, 0.2) is 60.8 Å². The highest BCUT2D eigenvalue weighted by Gasteiger charge is 2.28. The number of pyridine rings is 1. The molecule has 2 amide bonds. The molecular weight excluding hydrogens is 482 g/mol. The lowest BCUT2D eigenvalue weighted by Gasteiger charge is -2.20. The Morgan fingerprint density at radius 2 is 1.82 bits per heavy atom. The highest BCUT2D eigenvalue weighted by Crippen LogP contribution is 2.28. The number of anilines is 2. The number of carbonyl (C=O) groups excluding carboxylic acids is 2. The molecule has 0 spiro atoms. The van der Waals surface area contributed by atoms with Crippen LogP contribution in [0, 0.1) is 0 Å². The zero-order chi connectivity index (χ0) is 26.8. The van der Waals surface area contributed by atoms with Gasteiger partial charge < -0.3 is 29.7 Å². The van der Waals surface area contributed by atoms with Crippen LogP contribution < -0.4 is 15.4 Å². The third-order valence-electron chi connectivity index (χ3n) is 6.85.